The van der Waals surface area contributed by atoms with Gasteiger partial charge in [0, 0.05) is 145 Å². The zero-order chi connectivity index (χ0) is 89.9. The second-order valence-electron chi connectivity index (χ2n) is 35.9. The van der Waals surface area contributed by atoms with Crippen LogP contribution < -0.4 is 67.3 Å². The lowest BCUT2D eigenvalue weighted by molar-refractivity contribution is -0.122. The summed E-state index contributed by atoms with van der Waals surface area (Å²) in [6.45, 7) is 12.2. The zero-order valence-corrected chi connectivity index (χ0v) is 73.4. The van der Waals surface area contributed by atoms with Crippen LogP contribution in [0.1, 0.15) is 108 Å². The van der Waals surface area contributed by atoms with Gasteiger partial charge in [0.15, 0.2) is 51.9 Å². The summed E-state index contributed by atoms with van der Waals surface area (Å²) in [5.74, 6) is -0.882. The number of carbonyl (C=O) groups is 4. The highest BCUT2D eigenvalue weighted by Gasteiger charge is 2.39. The Morgan fingerprint density at radius 1 is 0.485 bits per heavy atom. The molecule has 28 nitrogen and oxygen atoms in total. The quantitative estimate of drug-likeness (QED) is 0.0410. The molecule has 0 spiro atoms. The molecular weight excluding hydrogens is 1690 g/mol. The number of rotatable bonds is 19. The topological polar surface area (TPSA) is 291 Å². The van der Waals surface area contributed by atoms with E-state index in [1.807, 2.05) is 123 Å². The highest BCUT2D eigenvalue weighted by atomic mass is 19.1. The molecule has 9 aliphatic heterocycles. The van der Waals surface area contributed by atoms with Crippen molar-refractivity contribution >= 4 is 117 Å². The van der Waals surface area contributed by atoms with Crippen molar-refractivity contribution in [2.75, 3.05) is 160 Å². The van der Waals surface area contributed by atoms with Gasteiger partial charge in [-0.2, -0.15) is 0 Å². The van der Waals surface area contributed by atoms with Gasteiger partial charge in [0.25, 0.3) is 17.7 Å². The summed E-state index contributed by atoms with van der Waals surface area (Å²) in [5, 5.41) is 25.5. The van der Waals surface area contributed by atoms with Crippen molar-refractivity contribution in [2.24, 2.45) is 0 Å². The number of carbonyl (C=O) groups excluding carboxylic acids is 4. The molecule has 682 valence electrons. The van der Waals surface area contributed by atoms with Crippen LogP contribution >= 0.6 is 0 Å². The molecule has 132 heavy (non-hydrogen) atoms. The van der Waals surface area contributed by atoms with E-state index >= 15 is 13.2 Å². The largest absolute Gasteiger partial charge is 0.456 e. The third-order valence-corrected chi connectivity index (χ3v) is 27.6. The van der Waals surface area contributed by atoms with Crippen LogP contribution in [-0.2, 0) is 19.0 Å². The van der Waals surface area contributed by atoms with Gasteiger partial charge in [0.1, 0.15) is 61.5 Å². The van der Waals surface area contributed by atoms with Gasteiger partial charge in [-0.25, -0.2) is 13.2 Å². The summed E-state index contributed by atoms with van der Waals surface area (Å²) < 4.78 is 95.1. The lowest BCUT2D eigenvalue weighted by atomic mass is 9.95. The smallest absolute Gasteiger partial charge is 0.259 e. The number of benzene rings is 9. The van der Waals surface area contributed by atoms with Crippen molar-refractivity contribution in [1.82, 2.24) is 54.6 Å². The summed E-state index contributed by atoms with van der Waals surface area (Å²) in [4.78, 5) is 105. The Hall–Kier alpha value is -12.9. The van der Waals surface area contributed by atoms with Gasteiger partial charge >= 0.3 is 0 Å². The summed E-state index contributed by atoms with van der Waals surface area (Å²) >= 11 is 0. The number of hydrogen-bond acceptors (Lipinski definition) is 21. The number of halogens is 3. The first-order valence-corrected chi connectivity index (χ1v) is 46.3. The molecule has 10 aliphatic rings. The van der Waals surface area contributed by atoms with Crippen LogP contribution in [0.2, 0.25) is 0 Å². The number of nitrogens with zero attached hydrogens (tertiary/aromatic N) is 8. The number of furan rings is 1. The molecule has 13 aromatic rings. The van der Waals surface area contributed by atoms with E-state index in [-0.39, 0.29) is 97.0 Å². The molecule has 2 unspecified atom stereocenters. The van der Waals surface area contributed by atoms with E-state index in [0.717, 1.165) is 97.1 Å². The Bertz CT molecular complexity index is 6970. The summed E-state index contributed by atoms with van der Waals surface area (Å²) in [5.41, 5.74) is 3.55. The standard InChI is InChI=1S/C40H43FN6O6.C33H35FN4O4.C28H25FN4O4/c1-44-12-4-5-25(44)8-11-42-40(50)29-23-47-31-21-33-27(26-6-2-3-7-32(26)52-33)20-34(31)53-39-36(47)28(38(29)49)19-30(41)37(39)46-14-9-24(22-46)43-35(48)10-13-45-15-17-51-18-16-45;34-26-19-24-30-32(29(26)36-12-6-11-35-23-9-2-1-3-10-23)42-28-18-22-8-5-4-7-21(22)17-27(28)38(30)20-25(31(24)39)33(40)37-13-15-41-16-14-37;29-21-13-19-25-27(24(21)31-18-5-6-30-14-18)37-23-12-17-4-2-1-3-16(17)11-22(23)33(25)15-20(26(19)34)28(35)32-7-9-36-10-8-32/h2-3,6-7,19-21,23-25H,4-5,8-18,22H2,1H3,(H,42,50)(H,43,48);4-5,7-8,17-20,23,35-36H,1-3,6,9-16H2;1-4,11-13,15,18,30-31H,5-10,14H2/t24-,25?;;/m1../s1. The lowest BCUT2D eigenvalue weighted by Crippen LogP contribution is -2.42. The molecule has 31 heteroatoms. The number of morpholine rings is 3. The number of hydrogen-bond donors (Lipinski definition) is 6. The third-order valence-electron chi connectivity index (χ3n) is 27.6. The van der Waals surface area contributed by atoms with Gasteiger partial charge in [-0.3, -0.25) is 38.5 Å². The maximum absolute atomic E-state index is 16.5. The second-order valence-corrected chi connectivity index (χ2v) is 35.9. The summed E-state index contributed by atoms with van der Waals surface area (Å²) in [6.07, 6.45) is 16.7. The number of anilines is 3. The SMILES string of the molecule is CN1CCCC1CCNC(=O)c1cn2c3c(c(N4CC[C@@H](NC(=O)CCN5CCOCC5)C4)c(F)cc3c1=O)Oc1cc3c(cc1-2)oc1ccccc13.O=C(c1cn2c3c(c(NC4CCNC4)c(F)cc3c1=O)Oc1cc3ccccc3cc1-2)N1CCOCC1.O=C(c1cn2c3c(c(NCCCNC4CCCCC4)c(F)cc3c1=O)Oc1cc3ccccc3cc1-2)N1CCOCC1. The van der Waals surface area contributed by atoms with Crippen LogP contribution in [0.5, 0.6) is 34.5 Å². The number of aromatic nitrogens is 3. The molecule has 4 amide bonds. The fourth-order valence-corrected chi connectivity index (χ4v) is 20.5. The van der Waals surface area contributed by atoms with Crippen LogP contribution in [0.15, 0.2) is 165 Å². The Morgan fingerprint density at radius 2 is 1.03 bits per heavy atom. The van der Waals surface area contributed by atoms with Crippen LogP contribution in [0, 0.1) is 17.5 Å². The van der Waals surface area contributed by atoms with Crippen molar-refractivity contribution in [1.29, 1.82) is 0 Å². The van der Waals surface area contributed by atoms with Gasteiger partial charge in [0.2, 0.25) is 22.2 Å². The number of pyridine rings is 3. The first kappa shape index (κ1) is 85.9. The van der Waals surface area contributed by atoms with Gasteiger partial charge in [-0.15, -0.1) is 0 Å². The predicted octanol–water partition coefficient (Wildman–Crippen LogP) is 14.0. The molecule has 9 aromatic carbocycles. The van der Waals surface area contributed by atoms with E-state index in [4.69, 9.17) is 32.8 Å². The minimum absolute atomic E-state index is 0.00135. The average molecular weight is 1790 g/mol. The number of ether oxygens (including phenoxy) is 6. The van der Waals surface area contributed by atoms with E-state index in [0.29, 0.717) is 192 Å². The molecule has 0 bridgehead atoms. The highest BCUT2D eigenvalue weighted by Crippen LogP contribution is 2.52. The van der Waals surface area contributed by atoms with Gasteiger partial charge in [-0.1, -0.05) is 86.0 Å². The first-order chi connectivity index (χ1) is 64.5. The molecule has 3 atom stereocenters. The van der Waals surface area contributed by atoms with E-state index in [2.05, 4.69) is 48.7 Å². The molecule has 1 saturated carbocycles. The van der Waals surface area contributed by atoms with Gasteiger partial charge in [-0.05, 0) is 154 Å². The molecular formula is C101H103F3N14O14. The molecule has 1 aliphatic carbocycles. The molecule has 4 aromatic heterocycles. The Labute approximate surface area is 756 Å². The van der Waals surface area contributed by atoms with Crippen molar-refractivity contribution in [3.05, 3.63) is 211 Å². The lowest BCUT2D eigenvalue weighted by Gasteiger charge is -2.29. The van der Waals surface area contributed by atoms with Gasteiger partial charge < -0.3 is 98.0 Å². The number of likely N-dealkylation sites (tertiary alicyclic amines) is 1. The average Bonchev–Trinajstić information content (AvgIpc) is 1.21. The monoisotopic (exact) mass is 1790 g/mol. The zero-order valence-electron chi connectivity index (χ0n) is 73.4. The molecule has 23 rings (SSSR count). The Kier molecular flexibility index (Phi) is 23.9. The van der Waals surface area contributed by atoms with Crippen LogP contribution in [0.4, 0.5) is 30.2 Å². The molecule has 6 saturated heterocycles. The minimum atomic E-state index is -0.629. The number of amides is 4. The van der Waals surface area contributed by atoms with Crippen LogP contribution in [0.25, 0.3) is 93.3 Å². The molecule has 7 fully saturated rings. The van der Waals surface area contributed by atoms with E-state index in [1.54, 1.807) is 33.0 Å². The normalized spacial score (nSPS) is 18.7. The highest BCUT2D eigenvalue weighted by molar-refractivity contribution is 6.09. The van der Waals surface area contributed by atoms with Crippen LogP contribution in [0.3, 0.4) is 0 Å². The maximum atomic E-state index is 16.5. The fourth-order valence-electron chi connectivity index (χ4n) is 20.5. The second kappa shape index (κ2) is 36.7. The predicted molar refractivity (Wildman–Crippen MR) is 501 cm³/mol. The van der Waals surface area contributed by atoms with Crippen molar-refractivity contribution in [3.63, 3.8) is 0 Å². The van der Waals surface area contributed by atoms with Gasteiger partial charge in [0.05, 0.1) is 72.9 Å². The van der Waals surface area contributed by atoms with Crippen molar-refractivity contribution in [3.8, 4) is 51.6 Å². The Balaban J connectivity index is 0.000000121. The maximum Gasteiger partial charge on any atom is 0.259 e. The summed E-state index contributed by atoms with van der Waals surface area (Å²) in [6, 6.07) is 39.5. The Morgan fingerprint density at radius 3 is 1.64 bits per heavy atom. The van der Waals surface area contributed by atoms with Crippen molar-refractivity contribution < 1.29 is 65.2 Å². The number of nitrogens with one attached hydrogen (secondary N) is 6. The van der Waals surface area contributed by atoms with E-state index in [1.165, 1.54) is 50.3 Å². The number of fused-ring (bicyclic) bond motifs is 11. The van der Waals surface area contributed by atoms with E-state index in [9.17, 15) is 33.6 Å². The first-order valence-electron chi connectivity index (χ1n) is 46.3. The summed E-state index contributed by atoms with van der Waals surface area (Å²) in [7, 11) is 2.09. The third kappa shape index (κ3) is 16.5. The van der Waals surface area contributed by atoms with E-state index < -0.39 is 39.6 Å². The fraction of sp³-hybridized carbons (Fsp3) is 0.376. The molecule has 13 heterocycles. The molecule has 6 N–H and O–H groups in total. The van der Waals surface area contributed by atoms with Crippen LogP contribution in [-0.4, -0.2) is 226 Å². The minimum Gasteiger partial charge on any atom is -0.456 e. The van der Waals surface area contributed by atoms with Crippen molar-refractivity contribution in [2.45, 2.75) is 101 Å². The molecule has 0 radical (unpaired) electrons. The number of para-hydroxylation sites is 1.